The van der Waals surface area contributed by atoms with Gasteiger partial charge in [0.15, 0.2) is 5.96 Å². The lowest BCUT2D eigenvalue weighted by atomic mass is 10.1. The number of nitrogens with one attached hydrogen (secondary N) is 3. The molecule has 0 radical (unpaired) electrons. The summed E-state index contributed by atoms with van der Waals surface area (Å²) in [6.45, 7) is 2.92. The Hall–Kier alpha value is -3.86. The van der Waals surface area contributed by atoms with E-state index in [4.69, 9.17) is 38.2 Å². The Bertz CT molecular complexity index is 1380. The highest BCUT2D eigenvalue weighted by atomic mass is 35.5. The van der Waals surface area contributed by atoms with Gasteiger partial charge in [0.2, 0.25) is 5.91 Å². The number of anilines is 1. The largest absolute Gasteiger partial charge is 0.490 e. The fourth-order valence-electron chi connectivity index (χ4n) is 3.84. The smallest absolute Gasteiger partial charge is 0.263 e. The fourth-order valence-corrected chi connectivity index (χ4v) is 4.46. The maximum Gasteiger partial charge on any atom is 0.263 e. The second kappa shape index (κ2) is 13.3. The van der Waals surface area contributed by atoms with E-state index in [2.05, 4.69) is 26.1 Å². The number of aryl methyl sites for hydroxylation is 1. The van der Waals surface area contributed by atoms with Crippen LogP contribution in [0.4, 0.5) is 5.69 Å². The lowest BCUT2D eigenvalue weighted by Gasteiger charge is -2.12. The van der Waals surface area contributed by atoms with Gasteiger partial charge < -0.3 is 25.6 Å². The van der Waals surface area contributed by atoms with Crippen LogP contribution in [0.25, 0.3) is 11.3 Å². The molecular weight excluding hydrogens is 543 g/mol. The summed E-state index contributed by atoms with van der Waals surface area (Å²) in [4.78, 5) is 29.6. The highest BCUT2D eigenvalue weighted by Gasteiger charge is 2.22. The first kappa shape index (κ1) is 28.2. The molecule has 0 aliphatic carbocycles. The molecule has 5 N–H and O–H groups in total. The minimum Gasteiger partial charge on any atom is -0.490 e. The molecule has 5 heterocycles. The van der Waals surface area contributed by atoms with Crippen molar-refractivity contribution >= 4 is 46.7 Å². The number of hydrogen-bond acceptors (Lipinski definition) is 8. The van der Waals surface area contributed by atoms with Crippen LogP contribution in [-0.4, -0.2) is 42.6 Å². The zero-order valence-corrected chi connectivity index (χ0v) is 22.7. The average Bonchev–Trinajstić information content (AvgIpc) is 3.30. The van der Waals surface area contributed by atoms with E-state index >= 15 is 0 Å². The predicted octanol–water partition coefficient (Wildman–Crippen LogP) is 4.46. The second-order valence-electron chi connectivity index (χ2n) is 8.73. The molecule has 3 aromatic rings. The summed E-state index contributed by atoms with van der Waals surface area (Å²) >= 11 is 12.7. The Balaban J connectivity index is 1.57. The zero-order valence-electron chi connectivity index (χ0n) is 21.2. The van der Waals surface area contributed by atoms with E-state index in [0.29, 0.717) is 47.2 Å². The monoisotopic (exact) mass is 570 g/mol. The fraction of sp³-hybridized carbons (Fsp3) is 0.259. The Morgan fingerprint density at radius 1 is 1.03 bits per heavy atom. The molecule has 7 rings (SSSR count). The number of carbonyl (C=O) groups excluding carboxylic acids is 2. The lowest BCUT2D eigenvalue weighted by Crippen LogP contribution is -2.37. The second-order valence-corrected chi connectivity index (χ2v) is 9.54. The molecule has 4 aliphatic rings. The topological polar surface area (TPSA) is 144 Å². The standard InChI is InChI=1S/C27H28Cl2N6O4/c1-16-23-24(35-39-16)18-6-8-19(9-7-18)38-11-5-3-2-4-10-31-15-22(36)33-25-20(28)12-17(13-21(25)29)14-32-27(30)34-26(23)37/h3,5-9,12-13,31H,2,4,10-11,14-15H2,1H3,(H,33,36)(H3,30,32,34,37)/b5-3-. The molecule has 12 heteroatoms. The van der Waals surface area contributed by atoms with Gasteiger partial charge in [0.1, 0.15) is 29.4 Å². The van der Waals surface area contributed by atoms with Crippen molar-refractivity contribution in [2.24, 2.45) is 10.7 Å². The Morgan fingerprint density at radius 2 is 1.77 bits per heavy atom. The highest BCUT2D eigenvalue weighted by Crippen LogP contribution is 2.32. The van der Waals surface area contributed by atoms with E-state index in [0.717, 1.165) is 12.8 Å². The third-order valence-electron chi connectivity index (χ3n) is 5.78. The molecule has 39 heavy (non-hydrogen) atoms. The van der Waals surface area contributed by atoms with Gasteiger partial charge in [-0.15, -0.1) is 0 Å². The summed E-state index contributed by atoms with van der Waals surface area (Å²) < 4.78 is 11.1. The molecule has 2 aromatic carbocycles. The Kier molecular flexibility index (Phi) is 9.59. The minimum atomic E-state index is -0.514. The Morgan fingerprint density at radius 3 is 2.51 bits per heavy atom. The van der Waals surface area contributed by atoms with Crippen LogP contribution in [0.3, 0.4) is 0 Å². The van der Waals surface area contributed by atoms with Crippen LogP contribution >= 0.6 is 23.2 Å². The van der Waals surface area contributed by atoms with Crippen molar-refractivity contribution in [3.05, 3.63) is 75.5 Å². The van der Waals surface area contributed by atoms with Gasteiger partial charge >= 0.3 is 0 Å². The first-order valence-corrected chi connectivity index (χ1v) is 13.0. The molecule has 4 aliphatic heterocycles. The van der Waals surface area contributed by atoms with Crippen molar-refractivity contribution < 1.29 is 18.8 Å². The van der Waals surface area contributed by atoms with Crippen molar-refractivity contribution in [3.63, 3.8) is 0 Å². The molecule has 0 unspecified atom stereocenters. The number of aliphatic imine (C=N–C) groups is 1. The van der Waals surface area contributed by atoms with Crippen molar-refractivity contribution in [3.8, 4) is 17.0 Å². The molecule has 1 aromatic heterocycles. The summed E-state index contributed by atoms with van der Waals surface area (Å²) in [6.07, 6.45) is 5.65. The van der Waals surface area contributed by atoms with Crippen LogP contribution in [0.15, 0.2) is 58.1 Å². The first-order valence-electron chi connectivity index (χ1n) is 12.3. The normalized spacial score (nSPS) is 16.5. The number of carbonyl (C=O) groups is 2. The molecule has 0 saturated carbocycles. The molecule has 0 saturated heterocycles. The van der Waals surface area contributed by atoms with Gasteiger partial charge in [-0.3, -0.25) is 14.9 Å². The number of amides is 2. The third kappa shape index (κ3) is 7.60. The summed E-state index contributed by atoms with van der Waals surface area (Å²) in [5, 5.41) is 13.0. The Labute approximate surface area is 235 Å². The molecule has 0 spiro atoms. The maximum absolute atomic E-state index is 13.0. The van der Waals surface area contributed by atoms with E-state index < -0.39 is 5.91 Å². The number of guanidine groups is 1. The molecular formula is C27H28Cl2N6O4. The molecule has 0 atom stereocenters. The first-order chi connectivity index (χ1) is 18.8. The zero-order chi connectivity index (χ0) is 27.8. The minimum absolute atomic E-state index is 0.0900. The van der Waals surface area contributed by atoms with Crippen molar-refractivity contribution in [2.45, 2.75) is 26.3 Å². The molecule has 204 valence electrons. The molecule has 4 bridgehead atoms. The number of nitrogens with zero attached hydrogens (tertiary/aromatic N) is 2. The van der Waals surface area contributed by atoms with E-state index in [-0.39, 0.29) is 40.6 Å². The van der Waals surface area contributed by atoms with Crippen molar-refractivity contribution in [1.82, 2.24) is 15.8 Å². The number of ether oxygens (including phenoxy) is 1. The van der Waals surface area contributed by atoms with Gasteiger partial charge in [0, 0.05) is 5.56 Å². The number of rotatable bonds is 0. The number of halogens is 2. The van der Waals surface area contributed by atoms with Crippen LogP contribution in [-0.2, 0) is 11.3 Å². The van der Waals surface area contributed by atoms with E-state index in [1.807, 2.05) is 12.2 Å². The molecule has 2 amide bonds. The SMILES string of the molecule is Cc1onc2c1C(=O)NC(N)=NCc1cc(Cl)c(c(Cl)c1)NC(=O)CNCCC/C=C\COc1ccc-2cc1. The number of benzene rings is 2. The van der Waals surface area contributed by atoms with Crippen molar-refractivity contribution in [1.29, 1.82) is 0 Å². The number of nitrogens with two attached hydrogens (primary N) is 1. The lowest BCUT2D eigenvalue weighted by molar-refractivity contribution is -0.115. The summed E-state index contributed by atoms with van der Waals surface area (Å²) in [6, 6.07) is 10.4. The van der Waals surface area contributed by atoms with E-state index in [1.54, 1.807) is 43.3 Å². The van der Waals surface area contributed by atoms with Gasteiger partial charge in [-0.2, -0.15) is 0 Å². The van der Waals surface area contributed by atoms with E-state index in [9.17, 15) is 9.59 Å². The van der Waals surface area contributed by atoms with Gasteiger partial charge in [0.25, 0.3) is 5.91 Å². The van der Waals surface area contributed by atoms with Gasteiger partial charge in [-0.05, 0) is 68.3 Å². The van der Waals surface area contributed by atoms with Gasteiger partial charge in [-0.1, -0.05) is 40.5 Å². The quantitative estimate of drug-likeness (QED) is 0.292. The number of hydrogen-bond donors (Lipinski definition) is 4. The summed E-state index contributed by atoms with van der Waals surface area (Å²) in [7, 11) is 0. The molecule has 10 nitrogen and oxygen atoms in total. The average molecular weight is 571 g/mol. The third-order valence-corrected chi connectivity index (χ3v) is 6.38. The highest BCUT2D eigenvalue weighted by molar-refractivity contribution is 6.39. The van der Waals surface area contributed by atoms with Crippen LogP contribution in [0.1, 0.15) is 34.5 Å². The van der Waals surface area contributed by atoms with Gasteiger partial charge in [-0.25, -0.2) is 4.99 Å². The van der Waals surface area contributed by atoms with Crippen LogP contribution in [0, 0.1) is 6.92 Å². The van der Waals surface area contributed by atoms with Gasteiger partial charge in [0.05, 0.1) is 28.8 Å². The maximum atomic E-state index is 13.0. The summed E-state index contributed by atoms with van der Waals surface area (Å²) in [5.41, 5.74) is 8.23. The predicted molar refractivity (Wildman–Crippen MR) is 151 cm³/mol. The van der Waals surface area contributed by atoms with Crippen molar-refractivity contribution in [2.75, 3.05) is 25.0 Å². The molecule has 0 fully saturated rings. The number of allylic oxidation sites excluding steroid dienone is 1. The van der Waals surface area contributed by atoms with Crippen LogP contribution in [0.5, 0.6) is 5.75 Å². The van der Waals surface area contributed by atoms with E-state index in [1.165, 1.54) is 0 Å². The summed E-state index contributed by atoms with van der Waals surface area (Å²) in [5.74, 6) is 0.116. The number of aromatic nitrogens is 1. The van der Waals surface area contributed by atoms with Crippen LogP contribution < -0.4 is 26.4 Å². The van der Waals surface area contributed by atoms with Crippen LogP contribution in [0.2, 0.25) is 10.0 Å².